The molecule has 1 aromatic rings. The number of nitrogens with one attached hydrogen (secondary N) is 2. The van der Waals surface area contributed by atoms with E-state index in [-0.39, 0.29) is 23.0 Å². The lowest BCUT2D eigenvalue weighted by molar-refractivity contribution is -0.130. The third kappa shape index (κ3) is 3.75. The van der Waals surface area contributed by atoms with Gasteiger partial charge in [-0.2, -0.15) is 5.26 Å². The van der Waals surface area contributed by atoms with E-state index in [1.54, 1.807) is 11.0 Å². The number of aromatic nitrogens is 1. The van der Waals surface area contributed by atoms with Crippen LogP contribution in [-0.2, 0) is 14.8 Å². The van der Waals surface area contributed by atoms with Crippen molar-refractivity contribution in [1.82, 2.24) is 19.9 Å². The Morgan fingerprint density at radius 3 is 2.86 bits per heavy atom. The summed E-state index contributed by atoms with van der Waals surface area (Å²) in [6.07, 6.45) is 1.34. The van der Waals surface area contributed by atoms with Crippen molar-refractivity contribution in [3.05, 3.63) is 24.0 Å². The van der Waals surface area contributed by atoms with Crippen molar-refractivity contribution in [3.63, 3.8) is 0 Å². The normalized spacial score (nSPS) is 15.5. The number of hydrogen-bond donors (Lipinski definition) is 2. The second kappa shape index (κ2) is 6.62. The number of sulfonamides is 1. The molecular formula is C12H15N5O3S. The van der Waals surface area contributed by atoms with Crippen LogP contribution in [0.2, 0.25) is 0 Å². The molecule has 0 radical (unpaired) electrons. The molecule has 0 spiro atoms. The van der Waals surface area contributed by atoms with Gasteiger partial charge in [-0.15, -0.1) is 0 Å². The molecule has 1 fully saturated rings. The Kier molecular flexibility index (Phi) is 4.85. The van der Waals surface area contributed by atoms with Crippen molar-refractivity contribution in [2.24, 2.45) is 0 Å². The quantitative estimate of drug-likeness (QED) is 0.711. The Bertz CT molecular complexity index is 662. The first-order valence-electron chi connectivity index (χ1n) is 6.38. The predicted molar refractivity (Wildman–Crippen MR) is 73.6 cm³/mol. The van der Waals surface area contributed by atoms with Gasteiger partial charge in [-0.25, -0.2) is 18.1 Å². The highest BCUT2D eigenvalue weighted by Gasteiger charge is 2.22. The van der Waals surface area contributed by atoms with E-state index in [1.807, 2.05) is 0 Å². The van der Waals surface area contributed by atoms with Crippen LogP contribution in [-0.4, -0.2) is 56.9 Å². The maximum atomic E-state index is 12.1. The fraction of sp³-hybridized carbons (Fsp3) is 0.417. The van der Waals surface area contributed by atoms with Gasteiger partial charge in [0.25, 0.3) is 0 Å². The molecule has 0 unspecified atom stereocenters. The van der Waals surface area contributed by atoms with E-state index in [4.69, 9.17) is 5.26 Å². The SMILES string of the molecule is N#Cc1ncccc1S(=O)(=O)NCC(=O)N1CCNCC1. The van der Waals surface area contributed by atoms with Crippen molar-refractivity contribution in [2.45, 2.75) is 4.90 Å². The fourth-order valence-corrected chi connectivity index (χ4v) is 3.03. The molecule has 0 atom stereocenters. The minimum absolute atomic E-state index is 0.195. The second-order valence-corrected chi connectivity index (χ2v) is 6.15. The molecule has 8 nitrogen and oxygen atoms in total. The largest absolute Gasteiger partial charge is 0.339 e. The molecule has 2 rings (SSSR count). The highest BCUT2D eigenvalue weighted by atomic mass is 32.2. The monoisotopic (exact) mass is 309 g/mol. The summed E-state index contributed by atoms with van der Waals surface area (Å²) in [5.41, 5.74) is -0.195. The maximum Gasteiger partial charge on any atom is 0.243 e. The van der Waals surface area contributed by atoms with E-state index in [0.29, 0.717) is 26.2 Å². The summed E-state index contributed by atoms with van der Waals surface area (Å²) in [4.78, 5) is 17.0. The lowest BCUT2D eigenvalue weighted by atomic mass is 10.3. The van der Waals surface area contributed by atoms with Crippen molar-refractivity contribution < 1.29 is 13.2 Å². The molecule has 0 aliphatic carbocycles. The average Bonchev–Trinajstić information content (AvgIpc) is 2.53. The molecule has 1 amide bonds. The predicted octanol–water partition coefficient (Wildman–Crippen LogP) is -1.34. The summed E-state index contributed by atoms with van der Waals surface area (Å²) in [7, 11) is -3.93. The maximum absolute atomic E-state index is 12.1. The minimum Gasteiger partial charge on any atom is -0.339 e. The van der Waals surface area contributed by atoms with Gasteiger partial charge >= 0.3 is 0 Å². The molecule has 9 heteroatoms. The Labute approximate surface area is 122 Å². The van der Waals surface area contributed by atoms with Gasteiger partial charge in [0.15, 0.2) is 5.69 Å². The van der Waals surface area contributed by atoms with Crippen LogP contribution in [0.1, 0.15) is 5.69 Å². The topological polar surface area (TPSA) is 115 Å². The third-order valence-electron chi connectivity index (χ3n) is 3.05. The van der Waals surface area contributed by atoms with Gasteiger partial charge in [0.05, 0.1) is 6.54 Å². The molecule has 0 bridgehead atoms. The van der Waals surface area contributed by atoms with Crippen molar-refractivity contribution in [3.8, 4) is 6.07 Å². The number of pyridine rings is 1. The number of nitrogens with zero attached hydrogens (tertiary/aromatic N) is 3. The van der Waals surface area contributed by atoms with Crippen LogP contribution < -0.4 is 10.0 Å². The third-order valence-corrected chi connectivity index (χ3v) is 4.48. The van der Waals surface area contributed by atoms with Crippen LogP contribution in [0.4, 0.5) is 0 Å². The second-order valence-electron chi connectivity index (χ2n) is 4.42. The number of hydrogen-bond acceptors (Lipinski definition) is 6. The smallest absolute Gasteiger partial charge is 0.243 e. The summed E-state index contributed by atoms with van der Waals surface area (Å²) in [5.74, 6) is -0.289. The van der Waals surface area contributed by atoms with E-state index >= 15 is 0 Å². The van der Waals surface area contributed by atoms with E-state index in [1.165, 1.54) is 18.3 Å². The number of nitriles is 1. The van der Waals surface area contributed by atoms with Crippen LogP contribution in [0.5, 0.6) is 0 Å². The number of amides is 1. The van der Waals surface area contributed by atoms with E-state index in [2.05, 4.69) is 15.0 Å². The zero-order valence-electron chi connectivity index (χ0n) is 11.2. The highest BCUT2D eigenvalue weighted by Crippen LogP contribution is 2.11. The summed E-state index contributed by atoms with van der Waals surface area (Å²) in [6, 6.07) is 4.42. The molecular weight excluding hydrogens is 294 g/mol. The van der Waals surface area contributed by atoms with Crippen molar-refractivity contribution in [1.29, 1.82) is 5.26 Å². The standard InChI is InChI=1S/C12H15N5O3S/c13-8-10-11(2-1-3-15-10)21(19,20)16-9-12(18)17-6-4-14-5-7-17/h1-3,14,16H,4-7,9H2. The molecule has 112 valence electrons. The summed E-state index contributed by atoms with van der Waals surface area (Å²) >= 11 is 0. The first-order valence-corrected chi connectivity index (χ1v) is 7.86. The van der Waals surface area contributed by atoms with Crippen LogP contribution in [0, 0.1) is 11.3 Å². The van der Waals surface area contributed by atoms with Crippen LogP contribution >= 0.6 is 0 Å². The molecule has 0 saturated carbocycles. The van der Waals surface area contributed by atoms with Crippen LogP contribution in [0.25, 0.3) is 0 Å². The van der Waals surface area contributed by atoms with E-state index < -0.39 is 10.0 Å². The van der Waals surface area contributed by atoms with Crippen LogP contribution in [0.3, 0.4) is 0 Å². The summed E-state index contributed by atoms with van der Waals surface area (Å²) in [6.45, 7) is 2.16. The number of piperazine rings is 1. The summed E-state index contributed by atoms with van der Waals surface area (Å²) in [5, 5.41) is 12.0. The zero-order chi connectivity index (χ0) is 15.3. The van der Waals surface area contributed by atoms with E-state index in [9.17, 15) is 13.2 Å². The minimum atomic E-state index is -3.93. The molecule has 1 aliphatic rings. The number of rotatable bonds is 4. The lowest BCUT2D eigenvalue weighted by Gasteiger charge is -2.27. The molecule has 21 heavy (non-hydrogen) atoms. The van der Waals surface area contributed by atoms with Crippen molar-refractivity contribution in [2.75, 3.05) is 32.7 Å². The molecule has 1 saturated heterocycles. The Balaban J connectivity index is 2.04. The fourth-order valence-electron chi connectivity index (χ4n) is 1.95. The van der Waals surface area contributed by atoms with Gasteiger partial charge in [0.2, 0.25) is 15.9 Å². The molecule has 2 N–H and O–H groups in total. The van der Waals surface area contributed by atoms with Gasteiger partial charge in [-0.1, -0.05) is 0 Å². The van der Waals surface area contributed by atoms with Gasteiger partial charge in [0, 0.05) is 32.4 Å². The molecule has 0 aromatic carbocycles. The Hall–Kier alpha value is -2.02. The van der Waals surface area contributed by atoms with Gasteiger partial charge in [0.1, 0.15) is 11.0 Å². The molecule has 1 aromatic heterocycles. The first-order chi connectivity index (χ1) is 10.0. The highest BCUT2D eigenvalue weighted by molar-refractivity contribution is 7.89. The molecule has 1 aliphatic heterocycles. The zero-order valence-corrected chi connectivity index (χ0v) is 12.1. The van der Waals surface area contributed by atoms with E-state index in [0.717, 1.165) is 0 Å². The van der Waals surface area contributed by atoms with Gasteiger partial charge in [-0.3, -0.25) is 4.79 Å². The van der Waals surface area contributed by atoms with Crippen LogP contribution in [0.15, 0.2) is 23.2 Å². The average molecular weight is 309 g/mol. The van der Waals surface area contributed by atoms with Crippen molar-refractivity contribution >= 4 is 15.9 Å². The van der Waals surface area contributed by atoms with Gasteiger partial charge < -0.3 is 10.2 Å². The molecule has 2 heterocycles. The number of carbonyl (C=O) groups excluding carboxylic acids is 1. The summed E-state index contributed by atoms with van der Waals surface area (Å²) < 4.78 is 26.4. The first kappa shape index (κ1) is 15.4. The Morgan fingerprint density at radius 2 is 2.19 bits per heavy atom. The Morgan fingerprint density at radius 1 is 1.48 bits per heavy atom. The van der Waals surface area contributed by atoms with Gasteiger partial charge in [-0.05, 0) is 12.1 Å². The number of carbonyl (C=O) groups is 1. The lowest BCUT2D eigenvalue weighted by Crippen LogP contribution is -2.49.